The number of amides is 2. The lowest BCUT2D eigenvalue weighted by Gasteiger charge is -2.27. The van der Waals surface area contributed by atoms with Crippen molar-refractivity contribution in [2.75, 3.05) is 25.9 Å². The van der Waals surface area contributed by atoms with Gasteiger partial charge in [0.15, 0.2) is 18.5 Å². The zero-order valence-corrected chi connectivity index (χ0v) is 32.9. The third-order valence-corrected chi connectivity index (χ3v) is 14.0. The molecule has 1 fully saturated rings. The van der Waals surface area contributed by atoms with Crippen molar-refractivity contribution in [1.82, 2.24) is 10.6 Å². The average Bonchev–Trinajstić information content (AvgIpc) is 3.53. The standard InChI is InChI=1S/C43H48N3O9P/c1-31(47)52-30-38-40(53-32(2)48)41(54-33(3)49)43(55-38)46-27-16-17-34(29-46)42(51)45-26-25-44-39(50)24-14-7-15-28-56(35-18-8-4-9-19-35,36-20-10-5-11-21-36)37-22-12-6-13-23-37/h4-6,8-13,16-23,27,29,38,40-41,43H,7,14-15,24-26,28,30H2,1-3H3/p+2/t38-,40-,41-,43-/m1/s1. The Hall–Kier alpha value is -5.45. The van der Waals surface area contributed by atoms with Crippen molar-refractivity contribution in [3.8, 4) is 0 Å². The minimum atomic E-state index is -1.91. The van der Waals surface area contributed by atoms with E-state index in [0.29, 0.717) is 6.42 Å². The second kappa shape index (κ2) is 20.5. The number of nitrogens with one attached hydrogen (secondary N) is 2. The van der Waals surface area contributed by atoms with Gasteiger partial charge in [0.2, 0.25) is 12.0 Å². The van der Waals surface area contributed by atoms with Crippen molar-refractivity contribution in [3.05, 3.63) is 121 Å². The molecule has 4 aromatic rings. The van der Waals surface area contributed by atoms with E-state index in [1.54, 1.807) is 18.3 Å². The number of carbonyl (C=O) groups excluding carboxylic acids is 5. The van der Waals surface area contributed by atoms with E-state index in [4.69, 9.17) is 18.9 Å². The van der Waals surface area contributed by atoms with E-state index >= 15 is 0 Å². The van der Waals surface area contributed by atoms with E-state index in [-0.39, 0.29) is 31.2 Å². The number of ether oxygens (including phenoxy) is 4. The predicted octanol–water partition coefficient (Wildman–Crippen LogP) is 3.70. The molecule has 0 unspecified atom stereocenters. The van der Waals surface area contributed by atoms with Gasteiger partial charge in [-0.15, -0.1) is 0 Å². The van der Waals surface area contributed by atoms with Crippen molar-refractivity contribution < 1.29 is 47.5 Å². The lowest BCUT2D eigenvalue weighted by Crippen LogP contribution is -2.49. The van der Waals surface area contributed by atoms with Crippen LogP contribution in [0.4, 0.5) is 0 Å². The molecule has 3 aromatic carbocycles. The first-order valence-corrected chi connectivity index (χ1v) is 20.8. The van der Waals surface area contributed by atoms with Crippen LogP contribution >= 0.6 is 7.26 Å². The van der Waals surface area contributed by atoms with Gasteiger partial charge in [0.25, 0.3) is 5.91 Å². The lowest BCUT2D eigenvalue weighted by atomic mass is 10.1. The molecule has 2 amide bonds. The Morgan fingerprint density at radius 2 is 1.21 bits per heavy atom. The van der Waals surface area contributed by atoms with E-state index in [0.717, 1.165) is 25.4 Å². The van der Waals surface area contributed by atoms with Crippen LogP contribution in [0, 0.1) is 0 Å². The third-order valence-electron chi connectivity index (χ3n) is 9.44. The molecule has 12 nitrogen and oxygen atoms in total. The van der Waals surface area contributed by atoms with Crippen molar-refractivity contribution in [2.45, 2.75) is 71.0 Å². The SMILES string of the molecule is CC(=O)OC[C@H]1O[C@@H]([n+]2cccc(C(=O)NCCNC(=O)CCCCC[P+](c3ccccc3)(c3ccccc3)c3ccccc3)c2)[C@H](OC(C)=O)[C@@H]1OC(C)=O. The second-order valence-corrected chi connectivity index (χ2v) is 17.1. The van der Waals surface area contributed by atoms with Crippen molar-refractivity contribution >= 4 is 52.9 Å². The smallest absolute Gasteiger partial charge is 0.304 e. The predicted molar refractivity (Wildman–Crippen MR) is 212 cm³/mol. The fraction of sp³-hybridized carbons (Fsp3) is 0.349. The number of hydrogen-bond acceptors (Lipinski definition) is 9. The van der Waals surface area contributed by atoms with Gasteiger partial charge in [-0.25, -0.2) is 0 Å². The molecule has 294 valence electrons. The van der Waals surface area contributed by atoms with Gasteiger partial charge in [-0.1, -0.05) is 54.6 Å². The molecular formula is C43H50N3O9P+2. The molecule has 1 aliphatic heterocycles. The first-order valence-electron chi connectivity index (χ1n) is 18.8. The Morgan fingerprint density at radius 3 is 1.77 bits per heavy atom. The molecule has 56 heavy (non-hydrogen) atoms. The number of esters is 3. The number of nitrogens with zero attached hydrogens (tertiary/aromatic N) is 1. The quantitative estimate of drug-likeness (QED) is 0.0507. The summed E-state index contributed by atoms with van der Waals surface area (Å²) >= 11 is 0. The van der Waals surface area contributed by atoms with Crippen molar-refractivity contribution in [2.24, 2.45) is 0 Å². The van der Waals surface area contributed by atoms with Gasteiger partial charge in [-0.2, -0.15) is 4.57 Å². The van der Waals surface area contributed by atoms with Crippen LogP contribution in [-0.4, -0.2) is 73.9 Å². The molecule has 0 aliphatic carbocycles. The summed E-state index contributed by atoms with van der Waals surface area (Å²) in [6, 6.07) is 35.5. The Balaban J connectivity index is 1.12. The number of pyridine rings is 1. The van der Waals surface area contributed by atoms with Gasteiger partial charge < -0.3 is 29.6 Å². The summed E-state index contributed by atoms with van der Waals surface area (Å²) < 4.78 is 23.6. The number of carbonyl (C=O) groups is 5. The van der Waals surface area contributed by atoms with Crippen LogP contribution in [-0.2, 0) is 38.1 Å². The molecule has 5 rings (SSSR count). The minimum absolute atomic E-state index is 0.0763. The molecule has 0 saturated carbocycles. The second-order valence-electron chi connectivity index (χ2n) is 13.5. The topological polar surface area (TPSA) is 150 Å². The van der Waals surface area contributed by atoms with Gasteiger partial charge in [0.1, 0.15) is 41.5 Å². The van der Waals surface area contributed by atoms with Crippen LogP contribution in [0.25, 0.3) is 0 Å². The normalized spacial score (nSPS) is 17.7. The lowest BCUT2D eigenvalue weighted by molar-refractivity contribution is -0.765. The summed E-state index contributed by atoms with van der Waals surface area (Å²) in [5.41, 5.74) is 0.275. The molecule has 4 atom stereocenters. The molecule has 0 radical (unpaired) electrons. The highest BCUT2D eigenvalue weighted by Gasteiger charge is 2.54. The Labute approximate surface area is 328 Å². The van der Waals surface area contributed by atoms with Crippen LogP contribution in [0.3, 0.4) is 0 Å². The van der Waals surface area contributed by atoms with E-state index in [1.165, 1.54) is 47.4 Å². The van der Waals surface area contributed by atoms with Crippen molar-refractivity contribution in [1.29, 1.82) is 0 Å². The molecular weight excluding hydrogens is 733 g/mol. The van der Waals surface area contributed by atoms with Crippen LogP contribution in [0.5, 0.6) is 0 Å². The van der Waals surface area contributed by atoms with Gasteiger partial charge in [0, 0.05) is 46.3 Å². The molecule has 13 heteroatoms. The van der Waals surface area contributed by atoms with E-state index < -0.39 is 55.6 Å². The fourth-order valence-electron chi connectivity index (χ4n) is 6.98. The zero-order valence-electron chi connectivity index (χ0n) is 32.0. The van der Waals surface area contributed by atoms with Gasteiger partial charge in [0.05, 0.1) is 6.16 Å². The van der Waals surface area contributed by atoms with Crippen LogP contribution in [0.1, 0.15) is 63.0 Å². The van der Waals surface area contributed by atoms with Crippen molar-refractivity contribution in [3.63, 3.8) is 0 Å². The molecule has 0 spiro atoms. The number of rotatable bonds is 18. The molecule has 1 aromatic heterocycles. The Bertz CT molecular complexity index is 1830. The van der Waals surface area contributed by atoms with Gasteiger partial charge in [-0.05, 0) is 61.7 Å². The van der Waals surface area contributed by atoms with E-state index in [1.807, 2.05) is 0 Å². The van der Waals surface area contributed by atoms with Gasteiger partial charge in [-0.3, -0.25) is 24.0 Å². The maximum atomic E-state index is 13.1. The number of unbranched alkanes of at least 4 members (excludes halogenated alkanes) is 2. The summed E-state index contributed by atoms with van der Waals surface area (Å²) in [6.45, 7) is 3.87. The third kappa shape index (κ3) is 11.1. The maximum Gasteiger partial charge on any atom is 0.304 e. The summed E-state index contributed by atoms with van der Waals surface area (Å²) in [5, 5.41) is 9.75. The highest BCUT2D eigenvalue weighted by Crippen LogP contribution is 2.56. The number of aromatic nitrogens is 1. The summed E-state index contributed by atoms with van der Waals surface area (Å²) in [6.07, 6.45) is 3.05. The highest BCUT2D eigenvalue weighted by molar-refractivity contribution is 7.95. The molecule has 2 N–H and O–H groups in total. The van der Waals surface area contributed by atoms with Gasteiger partial charge >= 0.3 is 24.1 Å². The van der Waals surface area contributed by atoms with Crippen LogP contribution in [0.2, 0.25) is 0 Å². The monoisotopic (exact) mass is 783 g/mol. The maximum absolute atomic E-state index is 13.1. The number of hydrogen-bond donors (Lipinski definition) is 2. The first kappa shape index (κ1) is 41.7. The molecule has 1 aliphatic rings. The van der Waals surface area contributed by atoms with Crippen LogP contribution < -0.4 is 31.1 Å². The summed E-state index contributed by atoms with van der Waals surface area (Å²) in [5.74, 6) is -2.31. The number of benzene rings is 3. The first-order chi connectivity index (χ1) is 27.1. The summed E-state index contributed by atoms with van der Waals surface area (Å²) in [7, 11) is -1.91. The zero-order chi connectivity index (χ0) is 39.9. The molecule has 0 bridgehead atoms. The average molecular weight is 784 g/mol. The Morgan fingerprint density at radius 1 is 0.661 bits per heavy atom. The highest BCUT2D eigenvalue weighted by atomic mass is 31.2. The van der Waals surface area contributed by atoms with E-state index in [9.17, 15) is 24.0 Å². The fourth-order valence-corrected chi connectivity index (χ4v) is 11.4. The summed E-state index contributed by atoms with van der Waals surface area (Å²) in [4.78, 5) is 61.3. The molecule has 1 saturated heterocycles. The largest absolute Gasteiger partial charge is 0.463 e. The molecule has 2 heterocycles. The van der Waals surface area contributed by atoms with Crippen LogP contribution in [0.15, 0.2) is 116 Å². The van der Waals surface area contributed by atoms with E-state index in [2.05, 4.69) is 102 Å². The minimum Gasteiger partial charge on any atom is -0.463 e. The Kier molecular flexibility index (Phi) is 15.2.